The third-order valence-corrected chi connectivity index (χ3v) is 3.02. The molecule has 17 heavy (non-hydrogen) atoms. The Kier molecular flexibility index (Phi) is 2.25. The molecular weight excluding hydrogens is 217 g/mol. The Labute approximate surface area is 98.8 Å². The highest BCUT2D eigenvalue weighted by molar-refractivity contribution is 5.81. The van der Waals surface area contributed by atoms with E-state index in [2.05, 4.69) is 0 Å². The quantitative estimate of drug-likeness (QED) is 0.763. The minimum Gasteiger partial charge on any atom is -0.492 e. The molecule has 0 bridgehead atoms. The Morgan fingerprint density at radius 2 is 2.00 bits per heavy atom. The molecule has 2 nitrogen and oxygen atoms in total. The van der Waals surface area contributed by atoms with Gasteiger partial charge in [-0.25, -0.2) is 4.39 Å². The van der Waals surface area contributed by atoms with Crippen LogP contribution >= 0.6 is 0 Å². The first-order valence-corrected chi connectivity index (χ1v) is 5.56. The lowest BCUT2D eigenvalue weighted by Gasteiger charge is -2.10. The van der Waals surface area contributed by atoms with Gasteiger partial charge in [0, 0.05) is 23.2 Å². The first-order valence-electron chi connectivity index (χ1n) is 5.56. The molecule has 0 radical (unpaired) electrons. The number of nitrogen functional groups attached to an aromatic ring is 1. The molecule has 0 fully saturated rings. The molecule has 0 aliphatic carbocycles. The largest absolute Gasteiger partial charge is 0.492 e. The van der Waals surface area contributed by atoms with E-state index in [-0.39, 0.29) is 5.82 Å². The zero-order valence-corrected chi connectivity index (χ0v) is 9.24. The van der Waals surface area contributed by atoms with Crippen LogP contribution in [0.5, 0.6) is 5.75 Å². The van der Waals surface area contributed by atoms with Gasteiger partial charge in [-0.1, -0.05) is 18.2 Å². The maximum absolute atomic E-state index is 13.3. The van der Waals surface area contributed by atoms with E-state index in [0.29, 0.717) is 17.9 Å². The summed E-state index contributed by atoms with van der Waals surface area (Å²) in [5.41, 5.74) is 9.19. The van der Waals surface area contributed by atoms with Crippen LogP contribution in [0.2, 0.25) is 0 Å². The summed E-state index contributed by atoms with van der Waals surface area (Å²) < 4.78 is 18.9. The second kappa shape index (κ2) is 3.77. The van der Waals surface area contributed by atoms with Gasteiger partial charge in [-0.05, 0) is 23.8 Å². The number of halogens is 1. The van der Waals surface area contributed by atoms with E-state index < -0.39 is 0 Å². The monoisotopic (exact) mass is 229 g/mol. The van der Waals surface area contributed by atoms with Crippen LogP contribution in [0.15, 0.2) is 36.4 Å². The van der Waals surface area contributed by atoms with Gasteiger partial charge in [-0.3, -0.25) is 0 Å². The lowest BCUT2D eigenvalue weighted by Crippen LogP contribution is -1.93. The highest BCUT2D eigenvalue weighted by atomic mass is 19.1. The number of rotatable bonds is 1. The minimum atomic E-state index is -0.287. The Hall–Kier alpha value is -2.03. The summed E-state index contributed by atoms with van der Waals surface area (Å²) in [5, 5.41) is 0. The first kappa shape index (κ1) is 10.1. The topological polar surface area (TPSA) is 35.2 Å². The van der Waals surface area contributed by atoms with E-state index in [0.717, 1.165) is 23.3 Å². The van der Waals surface area contributed by atoms with Crippen molar-refractivity contribution in [3.63, 3.8) is 0 Å². The van der Waals surface area contributed by atoms with Gasteiger partial charge in [0.1, 0.15) is 11.6 Å². The molecule has 0 saturated heterocycles. The van der Waals surface area contributed by atoms with Gasteiger partial charge in [0.2, 0.25) is 0 Å². The number of nitrogens with two attached hydrogens (primary N) is 1. The van der Waals surface area contributed by atoms with Crippen molar-refractivity contribution in [2.75, 3.05) is 12.3 Å². The van der Waals surface area contributed by atoms with Crippen LogP contribution in [-0.2, 0) is 6.42 Å². The molecule has 1 aliphatic rings. The van der Waals surface area contributed by atoms with Crippen molar-refractivity contribution in [3.05, 3.63) is 47.8 Å². The van der Waals surface area contributed by atoms with Crippen molar-refractivity contribution in [1.82, 2.24) is 0 Å². The fraction of sp³-hybridized carbons (Fsp3) is 0.143. The number of para-hydroxylation sites is 1. The van der Waals surface area contributed by atoms with Crippen molar-refractivity contribution in [1.29, 1.82) is 0 Å². The van der Waals surface area contributed by atoms with Crippen LogP contribution in [0, 0.1) is 5.82 Å². The highest BCUT2D eigenvalue weighted by Gasteiger charge is 2.18. The predicted octanol–water partition coefficient (Wildman–Crippen LogP) is 3.01. The molecule has 3 heteroatoms. The van der Waals surface area contributed by atoms with Crippen molar-refractivity contribution in [3.8, 4) is 16.9 Å². The summed E-state index contributed by atoms with van der Waals surface area (Å²) in [6, 6.07) is 10.3. The van der Waals surface area contributed by atoms with E-state index in [1.54, 1.807) is 6.07 Å². The zero-order chi connectivity index (χ0) is 11.8. The standard InChI is InChI=1S/C14H12FNO/c15-10-4-5-13(16)12(8-10)11-3-1-2-9-6-7-17-14(9)11/h1-5,8H,6-7,16H2. The van der Waals surface area contributed by atoms with E-state index in [4.69, 9.17) is 10.5 Å². The third kappa shape index (κ3) is 1.64. The SMILES string of the molecule is Nc1ccc(F)cc1-c1cccc2c1OCC2. The van der Waals surface area contributed by atoms with Gasteiger partial charge in [-0.15, -0.1) is 0 Å². The lowest BCUT2D eigenvalue weighted by molar-refractivity contribution is 0.358. The number of anilines is 1. The first-order chi connectivity index (χ1) is 8.25. The number of hydrogen-bond acceptors (Lipinski definition) is 2. The molecule has 0 aromatic heterocycles. The summed E-state index contributed by atoms with van der Waals surface area (Å²) in [5.74, 6) is 0.551. The van der Waals surface area contributed by atoms with Gasteiger partial charge in [0.15, 0.2) is 0 Å². The van der Waals surface area contributed by atoms with Crippen molar-refractivity contribution >= 4 is 5.69 Å². The number of benzene rings is 2. The number of hydrogen-bond donors (Lipinski definition) is 1. The third-order valence-electron chi connectivity index (χ3n) is 3.02. The fourth-order valence-electron chi connectivity index (χ4n) is 2.19. The van der Waals surface area contributed by atoms with Gasteiger partial charge in [0.05, 0.1) is 6.61 Å². The molecule has 0 atom stereocenters. The van der Waals surface area contributed by atoms with Crippen LogP contribution < -0.4 is 10.5 Å². The summed E-state index contributed by atoms with van der Waals surface area (Å²) >= 11 is 0. The molecule has 0 amide bonds. The Bertz CT molecular complexity index is 580. The molecular formula is C14H12FNO. The molecule has 3 rings (SSSR count). The van der Waals surface area contributed by atoms with Crippen LogP contribution in [0.25, 0.3) is 11.1 Å². The average Bonchev–Trinajstić information content (AvgIpc) is 2.80. The summed E-state index contributed by atoms with van der Waals surface area (Å²) in [7, 11) is 0. The van der Waals surface area contributed by atoms with Crippen LogP contribution in [0.3, 0.4) is 0 Å². The molecule has 2 aromatic carbocycles. The number of ether oxygens (including phenoxy) is 1. The average molecular weight is 229 g/mol. The van der Waals surface area contributed by atoms with E-state index in [1.165, 1.54) is 12.1 Å². The zero-order valence-electron chi connectivity index (χ0n) is 9.24. The van der Waals surface area contributed by atoms with Crippen LogP contribution in [0.1, 0.15) is 5.56 Å². The fourth-order valence-corrected chi connectivity index (χ4v) is 2.19. The Balaban J connectivity index is 2.22. The molecule has 2 N–H and O–H groups in total. The smallest absolute Gasteiger partial charge is 0.130 e. The van der Waals surface area contributed by atoms with E-state index >= 15 is 0 Å². The molecule has 1 heterocycles. The number of fused-ring (bicyclic) bond motifs is 1. The summed E-state index contributed by atoms with van der Waals surface area (Å²) in [6.07, 6.45) is 0.901. The van der Waals surface area contributed by atoms with Gasteiger partial charge < -0.3 is 10.5 Å². The predicted molar refractivity (Wildman–Crippen MR) is 65.4 cm³/mol. The van der Waals surface area contributed by atoms with Crippen LogP contribution in [0.4, 0.5) is 10.1 Å². The second-order valence-corrected chi connectivity index (χ2v) is 4.12. The molecule has 2 aromatic rings. The molecule has 0 spiro atoms. The molecule has 86 valence electrons. The maximum Gasteiger partial charge on any atom is 0.130 e. The van der Waals surface area contributed by atoms with Crippen molar-refractivity contribution < 1.29 is 9.13 Å². The molecule has 0 saturated carbocycles. The highest BCUT2D eigenvalue weighted by Crippen LogP contribution is 2.39. The van der Waals surface area contributed by atoms with Gasteiger partial charge in [0.25, 0.3) is 0 Å². The van der Waals surface area contributed by atoms with Crippen molar-refractivity contribution in [2.45, 2.75) is 6.42 Å². The normalized spacial score (nSPS) is 13.2. The van der Waals surface area contributed by atoms with Gasteiger partial charge in [-0.2, -0.15) is 0 Å². The van der Waals surface area contributed by atoms with Crippen molar-refractivity contribution in [2.24, 2.45) is 0 Å². The Morgan fingerprint density at radius 3 is 2.88 bits per heavy atom. The summed E-state index contributed by atoms with van der Waals surface area (Å²) in [6.45, 7) is 0.682. The Morgan fingerprint density at radius 1 is 1.12 bits per heavy atom. The van der Waals surface area contributed by atoms with Gasteiger partial charge >= 0.3 is 0 Å². The summed E-state index contributed by atoms with van der Waals surface area (Å²) in [4.78, 5) is 0. The van der Waals surface area contributed by atoms with Crippen LogP contribution in [-0.4, -0.2) is 6.61 Å². The van der Waals surface area contributed by atoms with E-state index in [9.17, 15) is 4.39 Å². The maximum atomic E-state index is 13.3. The lowest BCUT2D eigenvalue weighted by atomic mass is 10.00. The second-order valence-electron chi connectivity index (χ2n) is 4.12. The minimum absolute atomic E-state index is 0.287. The van der Waals surface area contributed by atoms with E-state index in [1.807, 2.05) is 18.2 Å². The molecule has 0 unspecified atom stereocenters. The molecule has 1 aliphatic heterocycles.